The lowest BCUT2D eigenvalue weighted by atomic mass is 10.3. The summed E-state index contributed by atoms with van der Waals surface area (Å²) >= 11 is 5.50. The van der Waals surface area contributed by atoms with Crippen LogP contribution in [0.3, 0.4) is 0 Å². The van der Waals surface area contributed by atoms with Crippen molar-refractivity contribution in [3.63, 3.8) is 0 Å². The number of anilines is 1. The summed E-state index contributed by atoms with van der Waals surface area (Å²) in [6.45, 7) is 0. The van der Waals surface area contributed by atoms with Gasteiger partial charge in [0.2, 0.25) is 0 Å². The van der Waals surface area contributed by atoms with Crippen molar-refractivity contribution in [1.29, 1.82) is 0 Å². The second-order valence-corrected chi connectivity index (χ2v) is 2.77. The summed E-state index contributed by atoms with van der Waals surface area (Å²) < 4.78 is 0. The van der Waals surface area contributed by atoms with Gasteiger partial charge in [0.1, 0.15) is 0 Å². The largest absolute Gasteiger partial charge is 0.399 e. The van der Waals surface area contributed by atoms with Gasteiger partial charge in [-0.1, -0.05) is 6.08 Å². The highest BCUT2D eigenvalue weighted by Gasteiger charge is 1.87. The maximum Gasteiger partial charge on any atom is 0.0646 e. The molecule has 0 fully saturated rings. The smallest absolute Gasteiger partial charge is 0.0646 e. The molecule has 0 bridgehead atoms. The molecule has 0 spiro atoms. The average Bonchev–Trinajstić information content (AvgIpc) is 2.05. The van der Waals surface area contributed by atoms with Gasteiger partial charge in [-0.3, -0.25) is 4.98 Å². The Bertz CT molecular complexity index is 271. The SMILES string of the molecule is Nc1ccnc(C=CCCCl)c1. The van der Waals surface area contributed by atoms with E-state index in [0.29, 0.717) is 5.88 Å². The van der Waals surface area contributed by atoms with Crippen molar-refractivity contribution < 1.29 is 0 Å². The number of hydrogen-bond acceptors (Lipinski definition) is 2. The normalized spacial score (nSPS) is 10.8. The van der Waals surface area contributed by atoms with Crippen LogP contribution in [0, 0.1) is 0 Å². The number of nitrogen functional groups attached to an aromatic ring is 1. The van der Waals surface area contributed by atoms with Gasteiger partial charge in [0.15, 0.2) is 0 Å². The molecule has 0 aliphatic carbocycles. The number of halogens is 1. The van der Waals surface area contributed by atoms with Crippen molar-refractivity contribution >= 4 is 23.4 Å². The van der Waals surface area contributed by atoms with Crippen molar-refractivity contribution in [2.75, 3.05) is 11.6 Å². The highest BCUT2D eigenvalue weighted by Crippen LogP contribution is 2.04. The molecule has 0 aliphatic heterocycles. The summed E-state index contributed by atoms with van der Waals surface area (Å²) in [7, 11) is 0. The maximum absolute atomic E-state index is 5.56. The Hall–Kier alpha value is -1.02. The molecule has 0 aliphatic rings. The van der Waals surface area contributed by atoms with Crippen LogP contribution in [-0.4, -0.2) is 10.9 Å². The van der Waals surface area contributed by atoms with Gasteiger partial charge in [-0.05, 0) is 24.6 Å². The minimum Gasteiger partial charge on any atom is -0.399 e. The number of nitrogens with zero attached hydrogens (tertiary/aromatic N) is 1. The van der Waals surface area contributed by atoms with Crippen molar-refractivity contribution in [3.05, 3.63) is 30.1 Å². The first-order valence-corrected chi connectivity index (χ1v) is 4.30. The van der Waals surface area contributed by atoms with Crippen LogP contribution in [0.2, 0.25) is 0 Å². The summed E-state index contributed by atoms with van der Waals surface area (Å²) in [5.74, 6) is 0.638. The van der Waals surface area contributed by atoms with Crippen LogP contribution in [0.4, 0.5) is 5.69 Å². The van der Waals surface area contributed by atoms with Crippen LogP contribution < -0.4 is 5.73 Å². The molecule has 0 unspecified atom stereocenters. The van der Waals surface area contributed by atoms with Crippen molar-refractivity contribution in [3.8, 4) is 0 Å². The zero-order valence-corrected chi connectivity index (χ0v) is 7.46. The molecule has 0 amide bonds. The van der Waals surface area contributed by atoms with Crippen LogP contribution in [-0.2, 0) is 0 Å². The van der Waals surface area contributed by atoms with E-state index in [1.54, 1.807) is 12.3 Å². The van der Waals surface area contributed by atoms with Gasteiger partial charge in [0.25, 0.3) is 0 Å². The molecule has 2 N–H and O–H groups in total. The Labute approximate surface area is 77.1 Å². The van der Waals surface area contributed by atoms with Gasteiger partial charge in [-0.2, -0.15) is 0 Å². The van der Waals surface area contributed by atoms with Crippen LogP contribution >= 0.6 is 11.6 Å². The van der Waals surface area contributed by atoms with E-state index in [-0.39, 0.29) is 0 Å². The number of nitrogens with two attached hydrogens (primary N) is 1. The second-order valence-electron chi connectivity index (χ2n) is 2.39. The fourth-order valence-electron chi connectivity index (χ4n) is 0.824. The van der Waals surface area contributed by atoms with Crippen molar-refractivity contribution in [2.24, 2.45) is 0 Å². The number of rotatable bonds is 3. The molecular weight excluding hydrogens is 172 g/mol. The number of aromatic nitrogens is 1. The van der Waals surface area contributed by atoms with Gasteiger partial charge in [0, 0.05) is 17.8 Å². The van der Waals surface area contributed by atoms with E-state index in [1.165, 1.54) is 0 Å². The Morgan fingerprint density at radius 1 is 1.58 bits per heavy atom. The first-order valence-electron chi connectivity index (χ1n) is 3.77. The van der Waals surface area contributed by atoms with Gasteiger partial charge in [-0.25, -0.2) is 0 Å². The molecule has 0 atom stereocenters. The number of pyridine rings is 1. The highest BCUT2D eigenvalue weighted by atomic mass is 35.5. The fourth-order valence-corrected chi connectivity index (χ4v) is 0.950. The number of alkyl halides is 1. The van der Waals surface area contributed by atoms with E-state index in [9.17, 15) is 0 Å². The lowest BCUT2D eigenvalue weighted by Crippen LogP contribution is -1.86. The van der Waals surface area contributed by atoms with Gasteiger partial charge >= 0.3 is 0 Å². The molecule has 1 heterocycles. The number of hydrogen-bond donors (Lipinski definition) is 1. The van der Waals surface area contributed by atoms with Crippen LogP contribution in [0.5, 0.6) is 0 Å². The molecule has 0 aromatic carbocycles. The van der Waals surface area contributed by atoms with Gasteiger partial charge < -0.3 is 5.73 Å². The Morgan fingerprint density at radius 2 is 2.42 bits per heavy atom. The minimum atomic E-state index is 0.638. The Balaban J connectivity index is 2.63. The molecule has 0 radical (unpaired) electrons. The topological polar surface area (TPSA) is 38.9 Å². The third kappa shape index (κ3) is 2.93. The summed E-state index contributed by atoms with van der Waals surface area (Å²) in [6.07, 6.45) is 6.45. The lowest BCUT2D eigenvalue weighted by molar-refractivity contribution is 1.23. The summed E-state index contributed by atoms with van der Waals surface area (Å²) in [4.78, 5) is 4.10. The van der Waals surface area contributed by atoms with E-state index in [0.717, 1.165) is 17.8 Å². The standard InChI is InChI=1S/C9H11ClN2/c10-5-2-1-3-9-7-8(11)4-6-12-9/h1,3-4,6-7H,2,5H2,(H2,11,12). The highest BCUT2D eigenvalue weighted by molar-refractivity contribution is 6.17. The van der Waals surface area contributed by atoms with E-state index >= 15 is 0 Å². The molecule has 12 heavy (non-hydrogen) atoms. The molecule has 1 aromatic rings. The Kier molecular flexibility index (Phi) is 3.61. The monoisotopic (exact) mass is 182 g/mol. The van der Waals surface area contributed by atoms with E-state index in [2.05, 4.69) is 4.98 Å². The number of allylic oxidation sites excluding steroid dienone is 1. The summed E-state index contributed by atoms with van der Waals surface area (Å²) in [5, 5.41) is 0. The fraction of sp³-hybridized carbons (Fsp3) is 0.222. The molecular formula is C9H11ClN2. The van der Waals surface area contributed by atoms with Crippen molar-refractivity contribution in [2.45, 2.75) is 6.42 Å². The summed E-state index contributed by atoms with van der Waals surface area (Å²) in [5.41, 5.74) is 7.17. The van der Waals surface area contributed by atoms with Crippen molar-refractivity contribution in [1.82, 2.24) is 4.98 Å². The minimum absolute atomic E-state index is 0.638. The predicted molar refractivity (Wildman–Crippen MR) is 53.0 cm³/mol. The summed E-state index contributed by atoms with van der Waals surface area (Å²) in [6, 6.07) is 3.59. The molecule has 3 heteroatoms. The maximum atomic E-state index is 5.56. The predicted octanol–water partition coefficient (Wildman–Crippen LogP) is 2.31. The Morgan fingerprint density at radius 3 is 3.08 bits per heavy atom. The first-order chi connectivity index (χ1) is 5.83. The van der Waals surface area contributed by atoms with Crippen LogP contribution in [0.15, 0.2) is 24.4 Å². The molecule has 64 valence electrons. The molecule has 0 saturated heterocycles. The average molecular weight is 183 g/mol. The molecule has 1 rings (SSSR count). The second kappa shape index (κ2) is 4.78. The zero-order valence-electron chi connectivity index (χ0n) is 6.70. The van der Waals surface area contributed by atoms with Crippen LogP contribution in [0.1, 0.15) is 12.1 Å². The van der Waals surface area contributed by atoms with E-state index < -0.39 is 0 Å². The quantitative estimate of drug-likeness (QED) is 0.729. The zero-order chi connectivity index (χ0) is 8.81. The van der Waals surface area contributed by atoms with Gasteiger partial charge in [0.05, 0.1) is 5.69 Å². The third-order valence-electron chi connectivity index (χ3n) is 1.37. The van der Waals surface area contributed by atoms with E-state index in [4.69, 9.17) is 17.3 Å². The van der Waals surface area contributed by atoms with Gasteiger partial charge in [-0.15, -0.1) is 11.6 Å². The molecule has 0 saturated carbocycles. The lowest BCUT2D eigenvalue weighted by Gasteiger charge is -1.93. The molecule has 1 aromatic heterocycles. The first kappa shape index (κ1) is 9.07. The van der Waals surface area contributed by atoms with Crippen LogP contribution in [0.25, 0.3) is 6.08 Å². The van der Waals surface area contributed by atoms with E-state index in [1.807, 2.05) is 18.2 Å². The third-order valence-corrected chi connectivity index (χ3v) is 1.59. The molecule has 2 nitrogen and oxygen atoms in total.